The van der Waals surface area contributed by atoms with E-state index in [9.17, 15) is 4.79 Å². The summed E-state index contributed by atoms with van der Waals surface area (Å²) >= 11 is 3.56. The van der Waals surface area contributed by atoms with Crippen LogP contribution in [0.15, 0.2) is 10.5 Å². The number of halogens is 1. The minimum Gasteiger partial charge on any atom is -0.496 e. The predicted octanol–water partition coefficient (Wildman–Crippen LogP) is 3.77. The van der Waals surface area contributed by atoms with Crippen LogP contribution in [0, 0.1) is 13.8 Å². The van der Waals surface area contributed by atoms with Gasteiger partial charge < -0.3 is 9.53 Å². The van der Waals surface area contributed by atoms with Crippen LogP contribution in [-0.4, -0.2) is 13.4 Å². The molecule has 0 bridgehead atoms. The zero-order valence-corrected chi connectivity index (χ0v) is 11.7. The summed E-state index contributed by atoms with van der Waals surface area (Å²) in [6.45, 7) is 6.11. The standard InChI is InChI=1S/C13H17BrO2/c1-8(5-6-15)12-10(3)13(16-4)9(2)7-11(12)14/h6-8H,5H2,1-4H3. The van der Waals surface area contributed by atoms with E-state index in [1.807, 2.05) is 19.9 Å². The van der Waals surface area contributed by atoms with Crippen LogP contribution in [0.25, 0.3) is 0 Å². The van der Waals surface area contributed by atoms with Gasteiger partial charge in [-0.2, -0.15) is 0 Å². The molecule has 1 aromatic carbocycles. The third kappa shape index (κ3) is 2.46. The highest BCUT2D eigenvalue weighted by Crippen LogP contribution is 2.37. The van der Waals surface area contributed by atoms with Gasteiger partial charge in [0.15, 0.2) is 0 Å². The Kier molecular flexibility index (Phi) is 4.54. The average Bonchev–Trinajstić information content (AvgIpc) is 2.17. The quantitative estimate of drug-likeness (QED) is 0.787. The zero-order chi connectivity index (χ0) is 12.3. The molecule has 0 saturated carbocycles. The molecule has 1 unspecified atom stereocenters. The van der Waals surface area contributed by atoms with Crippen molar-refractivity contribution in [2.45, 2.75) is 33.1 Å². The van der Waals surface area contributed by atoms with E-state index in [-0.39, 0.29) is 5.92 Å². The Morgan fingerprint density at radius 2 is 2.12 bits per heavy atom. The number of rotatable bonds is 4. The number of aryl methyl sites for hydroxylation is 1. The highest BCUT2D eigenvalue weighted by Gasteiger charge is 2.17. The summed E-state index contributed by atoms with van der Waals surface area (Å²) in [5, 5.41) is 0. The average molecular weight is 285 g/mol. The molecule has 0 N–H and O–H groups in total. The lowest BCUT2D eigenvalue weighted by atomic mass is 9.92. The first-order chi connectivity index (χ1) is 7.52. The molecule has 88 valence electrons. The van der Waals surface area contributed by atoms with E-state index >= 15 is 0 Å². The minimum absolute atomic E-state index is 0.210. The lowest BCUT2D eigenvalue weighted by Gasteiger charge is -2.19. The number of carbonyl (C=O) groups is 1. The van der Waals surface area contributed by atoms with Crippen LogP contribution in [0.2, 0.25) is 0 Å². The molecule has 1 rings (SSSR count). The normalized spacial score (nSPS) is 12.3. The molecule has 0 aliphatic rings. The first-order valence-corrected chi connectivity index (χ1v) is 6.09. The van der Waals surface area contributed by atoms with Gasteiger partial charge >= 0.3 is 0 Å². The van der Waals surface area contributed by atoms with Gasteiger partial charge in [-0.05, 0) is 42.5 Å². The monoisotopic (exact) mass is 284 g/mol. The van der Waals surface area contributed by atoms with Gasteiger partial charge in [0, 0.05) is 10.9 Å². The van der Waals surface area contributed by atoms with Crippen molar-refractivity contribution in [1.29, 1.82) is 0 Å². The van der Waals surface area contributed by atoms with E-state index in [1.165, 1.54) is 0 Å². The molecule has 3 heteroatoms. The highest BCUT2D eigenvalue weighted by atomic mass is 79.9. The lowest BCUT2D eigenvalue weighted by molar-refractivity contribution is -0.108. The first-order valence-electron chi connectivity index (χ1n) is 5.30. The van der Waals surface area contributed by atoms with E-state index in [0.717, 1.165) is 33.2 Å². The van der Waals surface area contributed by atoms with Crippen molar-refractivity contribution in [1.82, 2.24) is 0 Å². The number of methoxy groups -OCH3 is 1. The summed E-state index contributed by atoms with van der Waals surface area (Å²) in [5.41, 5.74) is 3.38. The van der Waals surface area contributed by atoms with Gasteiger partial charge in [-0.3, -0.25) is 0 Å². The Labute approximate surface area is 105 Å². The van der Waals surface area contributed by atoms with E-state index in [0.29, 0.717) is 6.42 Å². The Morgan fingerprint density at radius 3 is 2.62 bits per heavy atom. The number of ether oxygens (including phenoxy) is 1. The van der Waals surface area contributed by atoms with Crippen molar-refractivity contribution in [3.8, 4) is 5.75 Å². The second kappa shape index (κ2) is 5.48. The molecule has 16 heavy (non-hydrogen) atoms. The number of hydrogen-bond acceptors (Lipinski definition) is 2. The van der Waals surface area contributed by atoms with Crippen LogP contribution < -0.4 is 4.74 Å². The highest BCUT2D eigenvalue weighted by molar-refractivity contribution is 9.10. The molecule has 0 spiro atoms. The lowest BCUT2D eigenvalue weighted by Crippen LogP contribution is -2.02. The molecule has 0 radical (unpaired) electrons. The summed E-state index contributed by atoms with van der Waals surface area (Å²) in [7, 11) is 1.68. The predicted molar refractivity (Wildman–Crippen MR) is 69.3 cm³/mol. The Balaban J connectivity index is 3.32. The van der Waals surface area contributed by atoms with Gasteiger partial charge in [0.25, 0.3) is 0 Å². The minimum atomic E-state index is 0.210. The van der Waals surface area contributed by atoms with E-state index < -0.39 is 0 Å². The molecule has 0 saturated heterocycles. The van der Waals surface area contributed by atoms with Crippen molar-refractivity contribution >= 4 is 22.2 Å². The molecule has 1 aromatic rings. The summed E-state index contributed by atoms with van der Waals surface area (Å²) in [4.78, 5) is 10.6. The smallest absolute Gasteiger partial charge is 0.125 e. The number of benzene rings is 1. The van der Waals surface area contributed by atoms with Crippen molar-refractivity contribution in [2.75, 3.05) is 7.11 Å². The molecular weight excluding hydrogens is 268 g/mol. The van der Waals surface area contributed by atoms with E-state index in [1.54, 1.807) is 7.11 Å². The van der Waals surface area contributed by atoms with Gasteiger partial charge in [-0.15, -0.1) is 0 Å². The third-order valence-electron chi connectivity index (χ3n) is 2.85. The second-order valence-corrected chi connectivity index (χ2v) is 4.90. The molecule has 2 nitrogen and oxygen atoms in total. The van der Waals surface area contributed by atoms with Gasteiger partial charge in [-0.25, -0.2) is 0 Å². The van der Waals surface area contributed by atoms with Crippen LogP contribution in [0.1, 0.15) is 36.0 Å². The fourth-order valence-electron chi connectivity index (χ4n) is 2.11. The van der Waals surface area contributed by atoms with Crippen LogP contribution in [0.3, 0.4) is 0 Å². The molecule has 0 aliphatic carbocycles. The van der Waals surface area contributed by atoms with Crippen molar-refractivity contribution in [3.05, 3.63) is 27.2 Å². The Hall–Kier alpha value is -0.830. The summed E-state index contributed by atoms with van der Waals surface area (Å²) in [6.07, 6.45) is 1.49. The summed E-state index contributed by atoms with van der Waals surface area (Å²) < 4.78 is 6.44. The maximum Gasteiger partial charge on any atom is 0.125 e. The van der Waals surface area contributed by atoms with E-state index in [2.05, 4.69) is 22.9 Å². The van der Waals surface area contributed by atoms with Crippen LogP contribution >= 0.6 is 15.9 Å². The third-order valence-corrected chi connectivity index (χ3v) is 3.51. The van der Waals surface area contributed by atoms with Gasteiger partial charge in [-0.1, -0.05) is 22.9 Å². The second-order valence-electron chi connectivity index (χ2n) is 4.05. The number of aldehydes is 1. The Bertz CT molecular complexity index is 399. The van der Waals surface area contributed by atoms with Crippen LogP contribution in [0.5, 0.6) is 5.75 Å². The largest absolute Gasteiger partial charge is 0.496 e. The maximum absolute atomic E-state index is 10.6. The number of carbonyl (C=O) groups excluding carboxylic acids is 1. The summed E-state index contributed by atoms with van der Waals surface area (Å²) in [5.74, 6) is 1.12. The van der Waals surface area contributed by atoms with Crippen LogP contribution in [-0.2, 0) is 4.79 Å². The molecule has 0 aliphatic heterocycles. The Morgan fingerprint density at radius 1 is 1.50 bits per heavy atom. The number of hydrogen-bond donors (Lipinski definition) is 0. The SMILES string of the molecule is COc1c(C)cc(Br)c(C(C)CC=O)c1C. The molecular formula is C13H17BrO2. The molecule has 0 amide bonds. The van der Waals surface area contributed by atoms with Crippen molar-refractivity contribution in [2.24, 2.45) is 0 Å². The van der Waals surface area contributed by atoms with E-state index in [4.69, 9.17) is 4.74 Å². The van der Waals surface area contributed by atoms with Gasteiger partial charge in [0.05, 0.1) is 7.11 Å². The van der Waals surface area contributed by atoms with Crippen molar-refractivity contribution in [3.63, 3.8) is 0 Å². The van der Waals surface area contributed by atoms with Gasteiger partial charge in [0.1, 0.15) is 12.0 Å². The first kappa shape index (κ1) is 13.2. The van der Waals surface area contributed by atoms with Crippen LogP contribution in [0.4, 0.5) is 0 Å². The molecule has 1 atom stereocenters. The zero-order valence-electron chi connectivity index (χ0n) is 10.1. The molecule has 0 aromatic heterocycles. The van der Waals surface area contributed by atoms with Crippen molar-refractivity contribution < 1.29 is 9.53 Å². The topological polar surface area (TPSA) is 26.3 Å². The van der Waals surface area contributed by atoms with Gasteiger partial charge in [0.2, 0.25) is 0 Å². The summed E-state index contributed by atoms with van der Waals surface area (Å²) in [6, 6.07) is 2.04. The maximum atomic E-state index is 10.6. The fraction of sp³-hybridized carbons (Fsp3) is 0.462. The molecule has 0 heterocycles. The fourth-order valence-corrected chi connectivity index (χ4v) is 3.14. The molecule has 0 fully saturated rings.